The van der Waals surface area contributed by atoms with E-state index >= 15 is 0 Å². The zero-order valence-electron chi connectivity index (χ0n) is 15.0. The van der Waals surface area contributed by atoms with Gasteiger partial charge in [-0.2, -0.15) is 0 Å². The SMILES string of the molecule is CC(Oc1cccc(C(C)(C)C)c1)C(=O)Nc1ccc2c(c1)OCO2. The molecule has 0 spiro atoms. The monoisotopic (exact) mass is 341 g/mol. The van der Waals surface area contributed by atoms with Gasteiger partial charge >= 0.3 is 0 Å². The summed E-state index contributed by atoms with van der Waals surface area (Å²) in [4.78, 5) is 12.4. The number of anilines is 1. The summed E-state index contributed by atoms with van der Waals surface area (Å²) in [5.74, 6) is 1.77. The van der Waals surface area contributed by atoms with Gasteiger partial charge in [-0.15, -0.1) is 0 Å². The number of hydrogen-bond donors (Lipinski definition) is 1. The summed E-state index contributed by atoms with van der Waals surface area (Å²) in [5, 5.41) is 2.84. The van der Waals surface area contributed by atoms with Crippen LogP contribution in [0.25, 0.3) is 0 Å². The molecule has 2 aromatic rings. The maximum atomic E-state index is 12.4. The molecule has 0 aliphatic carbocycles. The van der Waals surface area contributed by atoms with Crippen LogP contribution in [0.5, 0.6) is 17.2 Å². The van der Waals surface area contributed by atoms with Gasteiger partial charge in [-0.25, -0.2) is 0 Å². The number of carbonyl (C=O) groups excluding carboxylic acids is 1. The Bertz CT molecular complexity index is 780. The first-order valence-corrected chi connectivity index (χ1v) is 8.30. The number of carbonyl (C=O) groups is 1. The number of ether oxygens (including phenoxy) is 3. The van der Waals surface area contributed by atoms with E-state index in [4.69, 9.17) is 14.2 Å². The largest absolute Gasteiger partial charge is 0.481 e. The lowest BCUT2D eigenvalue weighted by Gasteiger charge is -2.21. The van der Waals surface area contributed by atoms with Gasteiger partial charge in [0.05, 0.1) is 0 Å². The van der Waals surface area contributed by atoms with Crippen molar-refractivity contribution >= 4 is 11.6 Å². The number of hydrogen-bond acceptors (Lipinski definition) is 4. The van der Waals surface area contributed by atoms with Gasteiger partial charge in [-0.3, -0.25) is 4.79 Å². The standard InChI is InChI=1S/C20H23NO4/c1-13(25-16-7-5-6-14(10-16)20(2,3)4)19(22)21-15-8-9-17-18(11-15)24-12-23-17/h5-11,13H,12H2,1-4H3,(H,21,22). The Hall–Kier alpha value is -2.69. The van der Waals surface area contributed by atoms with Gasteiger partial charge < -0.3 is 19.5 Å². The fraction of sp³-hybridized carbons (Fsp3) is 0.350. The summed E-state index contributed by atoms with van der Waals surface area (Å²) in [5.41, 5.74) is 1.83. The normalized spacial score (nSPS) is 14.1. The second-order valence-corrected chi connectivity index (χ2v) is 7.10. The molecule has 1 aliphatic rings. The second kappa shape index (κ2) is 6.67. The van der Waals surface area contributed by atoms with Crippen LogP contribution < -0.4 is 19.5 Å². The molecule has 3 rings (SSSR count). The highest BCUT2D eigenvalue weighted by Crippen LogP contribution is 2.34. The average molecular weight is 341 g/mol. The summed E-state index contributed by atoms with van der Waals surface area (Å²) >= 11 is 0. The van der Waals surface area contributed by atoms with E-state index in [9.17, 15) is 4.79 Å². The van der Waals surface area contributed by atoms with Crippen molar-refractivity contribution in [2.45, 2.75) is 39.2 Å². The van der Waals surface area contributed by atoms with E-state index in [0.29, 0.717) is 22.9 Å². The molecule has 5 nitrogen and oxygen atoms in total. The van der Waals surface area contributed by atoms with Crippen LogP contribution >= 0.6 is 0 Å². The molecular formula is C20H23NO4. The fourth-order valence-corrected chi connectivity index (χ4v) is 2.51. The molecule has 1 N–H and O–H groups in total. The third-order valence-electron chi connectivity index (χ3n) is 4.02. The molecule has 0 radical (unpaired) electrons. The zero-order chi connectivity index (χ0) is 18.0. The van der Waals surface area contributed by atoms with Gasteiger partial charge in [0.25, 0.3) is 5.91 Å². The van der Waals surface area contributed by atoms with Crippen LogP contribution in [-0.2, 0) is 10.2 Å². The summed E-state index contributed by atoms with van der Waals surface area (Å²) in [7, 11) is 0. The summed E-state index contributed by atoms with van der Waals surface area (Å²) < 4.78 is 16.4. The van der Waals surface area contributed by atoms with E-state index in [1.54, 1.807) is 25.1 Å². The Morgan fingerprint density at radius 3 is 2.64 bits per heavy atom. The molecule has 5 heteroatoms. The molecule has 132 valence electrons. The van der Waals surface area contributed by atoms with E-state index in [-0.39, 0.29) is 18.1 Å². The van der Waals surface area contributed by atoms with Crippen LogP contribution in [0.1, 0.15) is 33.3 Å². The lowest BCUT2D eigenvalue weighted by Crippen LogP contribution is -2.30. The van der Waals surface area contributed by atoms with Crippen molar-refractivity contribution in [3.8, 4) is 17.2 Å². The topological polar surface area (TPSA) is 56.8 Å². The minimum atomic E-state index is -0.624. The first-order valence-electron chi connectivity index (χ1n) is 8.30. The van der Waals surface area contributed by atoms with Crippen molar-refractivity contribution in [2.75, 3.05) is 12.1 Å². The average Bonchev–Trinajstić information content (AvgIpc) is 3.02. The quantitative estimate of drug-likeness (QED) is 0.909. The number of benzene rings is 2. The van der Waals surface area contributed by atoms with Gasteiger partial charge in [0, 0.05) is 11.8 Å². The predicted octanol–water partition coefficient (Wildman–Crippen LogP) is 4.12. The Kier molecular flexibility index (Phi) is 4.57. The van der Waals surface area contributed by atoms with Gasteiger partial charge in [0.15, 0.2) is 17.6 Å². The van der Waals surface area contributed by atoms with E-state index in [2.05, 4.69) is 32.2 Å². The molecule has 1 atom stereocenters. The first kappa shape index (κ1) is 17.1. The molecule has 1 unspecified atom stereocenters. The minimum absolute atomic E-state index is 0.0252. The van der Waals surface area contributed by atoms with E-state index in [0.717, 1.165) is 5.56 Å². The molecule has 0 bridgehead atoms. The van der Waals surface area contributed by atoms with Gasteiger partial charge in [-0.1, -0.05) is 32.9 Å². The molecule has 2 aromatic carbocycles. The summed E-state index contributed by atoms with van der Waals surface area (Å²) in [6, 6.07) is 13.1. The fourth-order valence-electron chi connectivity index (χ4n) is 2.51. The Morgan fingerprint density at radius 1 is 1.12 bits per heavy atom. The van der Waals surface area contributed by atoms with Crippen molar-refractivity contribution in [3.63, 3.8) is 0 Å². The Balaban J connectivity index is 1.65. The predicted molar refractivity (Wildman–Crippen MR) is 96.4 cm³/mol. The van der Waals surface area contributed by atoms with Gasteiger partial charge in [0.1, 0.15) is 5.75 Å². The smallest absolute Gasteiger partial charge is 0.265 e. The third kappa shape index (κ3) is 4.05. The molecule has 0 aromatic heterocycles. The van der Waals surface area contributed by atoms with E-state index in [1.165, 1.54) is 0 Å². The molecule has 1 heterocycles. The Morgan fingerprint density at radius 2 is 1.88 bits per heavy atom. The van der Waals surface area contributed by atoms with E-state index < -0.39 is 6.10 Å². The van der Waals surface area contributed by atoms with Crippen LogP contribution in [0.15, 0.2) is 42.5 Å². The highest BCUT2D eigenvalue weighted by molar-refractivity contribution is 5.94. The van der Waals surface area contributed by atoms with Gasteiger partial charge in [0.2, 0.25) is 6.79 Å². The minimum Gasteiger partial charge on any atom is -0.481 e. The number of fused-ring (bicyclic) bond motifs is 1. The molecule has 0 saturated heterocycles. The molecule has 0 fully saturated rings. The maximum absolute atomic E-state index is 12.4. The van der Waals surface area contributed by atoms with Crippen molar-refractivity contribution < 1.29 is 19.0 Å². The lowest BCUT2D eigenvalue weighted by atomic mass is 9.87. The number of amides is 1. The zero-order valence-corrected chi connectivity index (χ0v) is 15.0. The van der Waals surface area contributed by atoms with Crippen LogP contribution in [0, 0.1) is 0 Å². The van der Waals surface area contributed by atoms with Crippen LogP contribution in [0.3, 0.4) is 0 Å². The summed E-state index contributed by atoms with van der Waals surface area (Å²) in [6.45, 7) is 8.36. The van der Waals surface area contributed by atoms with Crippen LogP contribution in [0.2, 0.25) is 0 Å². The maximum Gasteiger partial charge on any atom is 0.265 e. The van der Waals surface area contributed by atoms with Crippen molar-refractivity contribution in [1.29, 1.82) is 0 Å². The number of nitrogens with one attached hydrogen (secondary N) is 1. The second-order valence-electron chi connectivity index (χ2n) is 7.10. The highest BCUT2D eigenvalue weighted by atomic mass is 16.7. The molecule has 1 amide bonds. The third-order valence-corrected chi connectivity index (χ3v) is 4.02. The van der Waals surface area contributed by atoms with E-state index in [1.807, 2.05) is 18.2 Å². The summed E-state index contributed by atoms with van der Waals surface area (Å²) in [6.07, 6.45) is -0.624. The molecular weight excluding hydrogens is 318 g/mol. The van der Waals surface area contributed by atoms with Gasteiger partial charge in [-0.05, 0) is 42.2 Å². The first-order chi connectivity index (χ1) is 11.8. The molecule has 0 saturated carbocycles. The van der Waals surface area contributed by atoms with Crippen molar-refractivity contribution in [3.05, 3.63) is 48.0 Å². The van der Waals surface area contributed by atoms with Crippen LogP contribution in [0.4, 0.5) is 5.69 Å². The Labute approximate surface area is 147 Å². The molecule has 1 aliphatic heterocycles. The molecule has 25 heavy (non-hydrogen) atoms. The van der Waals surface area contributed by atoms with Crippen molar-refractivity contribution in [2.24, 2.45) is 0 Å². The van der Waals surface area contributed by atoms with Crippen LogP contribution in [-0.4, -0.2) is 18.8 Å². The highest BCUT2D eigenvalue weighted by Gasteiger charge is 2.19. The lowest BCUT2D eigenvalue weighted by molar-refractivity contribution is -0.122. The number of rotatable bonds is 4. The van der Waals surface area contributed by atoms with Crippen molar-refractivity contribution in [1.82, 2.24) is 0 Å².